The molecule has 0 radical (unpaired) electrons. The van der Waals surface area contributed by atoms with E-state index in [-0.39, 0.29) is 5.75 Å². The molecule has 0 saturated carbocycles. The predicted molar refractivity (Wildman–Crippen MR) is 79.2 cm³/mol. The van der Waals surface area contributed by atoms with E-state index in [2.05, 4.69) is 20.9 Å². The molecule has 2 aromatic rings. The van der Waals surface area contributed by atoms with Gasteiger partial charge in [0.15, 0.2) is 0 Å². The summed E-state index contributed by atoms with van der Waals surface area (Å²) in [6.07, 6.45) is 1.74. The van der Waals surface area contributed by atoms with Crippen molar-refractivity contribution in [1.82, 2.24) is 0 Å². The van der Waals surface area contributed by atoms with Crippen LogP contribution in [0.5, 0.6) is 5.75 Å². The van der Waals surface area contributed by atoms with Crippen molar-refractivity contribution in [2.24, 2.45) is 4.99 Å². The van der Waals surface area contributed by atoms with E-state index < -0.39 is 0 Å². The highest BCUT2D eigenvalue weighted by molar-refractivity contribution is 9.10. The number of hydrogen-bond donors (Lipinski definition) is 1. The number of aryl methyl sites for hydroxylation is 1. The lowest BCUT2D eigenvalue weighted by Crippen LogP contribution is -1.82. The lowest BCUT2D eigenvalue weighted by molar-refractivity contribution is 0.472. The molecule has 0 fully saturated rings. The number of halogens is 2. The summed E-state index contributed by atoms with van der Waals surface area (Å²) in [6.45, 7) is 1.98. The molecular weight excluding hydrogens is 314 g/mol. The first-order chi connectivity index (χ1) is 8.56. The summed E-state index contributed by atoms with van der Waals surface area (Å²) < 4.78 is 0.647. The van der Waals surface area contributed by atoms with Crippen LogP contribution >= 0.6 is 27.5 Å². The second kappa shape index (κ2) is 5.55. The van der Waals surface area contributed by atoms with Crippen LogP contribution in [0.15, 0.2) is 45.9 Å². The van der Waals surface area contributed by atoms with Gasteiger partial charge >= 0.3 is 0 Å². The molecule has 2 nitrogen and oxygen atoms in total. The van der Waals surface area contributed by atoms with E-state index >= 15 is 0 Å². The van der Waals surface area contributed by atoms with Gasteiger partial charge in [0.1, 0.15) is 5.75 Å². The molecule has 18 heavy (non-hydrogen) atoms. The van der Waals surface area contributed by atoms with Crippen molar-refractivity contribution in [1.29, 1.82) is 0 Å². The molecule has 0 spiro atoms. The van der Waals surface area contributed by atoms with Crippen LogP contribution in [-0.4, -0.2) is 11.3 Å². The molecule has 0 atom stereocenters. The van der Waals surface area contributed by atoms with Crippen molar-refractivity contribution in [2.45, 2.75) is 6.92 Å². The van der Waals surface area contributed by atoms with Crippen molar-refractivity contribution < 1.29 is 5.11 Å². The van der Waals surface area contributed by atoms with Gasteiger partial charge in [0, 0.05) is 11.2 Å². The van der Waals surface area contributed by atoms with Gasteiger partial charge in [0.2, 0.25) is 0 Å². The first-order valence-electron chi connectivity index (χ1n) is 5.35. The predicted octanol–water partition coefficient (Wildman–Crippen LogP) is 4.87. The molecule has 1 N–H and O–H groups in total. The van der Waals surface area contributed by atoms with E-state index in [0.717, 1.165) is 16.8 Å². The largest absolute Gasteiger partial charge is 0.507 e. The number of rotatable bonds is 2. The lowest BCUT2D eigenvalue weighted by Gasteiger charge is -2.01. The number of aliphatic imine (C=N–C) groups is 1. The maximum absolute atomic E-state index is 9.40. The van der Waals surface area contributed by atoms with E-state index in [1.807, 2.05) is 25.1 Å². The average Bonchev–Trinajstić information content (AvgIpc) is 2.34. The Labute approximate surface area is 119 Å². The van der Waals surface area contributed by atoms with E-state index in [4.69, 9.17) is 11.6 Å². The van der Waals surface area contributed by atoms with Gasteiger partial charge in [-0.3, -0.25) is 4.99 Å². The Morgan fingerprint density at radius 1 is 1.22 bits per heavy atom. The number of nitrogens with zero attached hydrogens (tertiary/aromatic N) is 1. The molecule has 0 unspecified atom stereocenters. The van der Waals surface area contributed by atoms with Crippen LogP contribution in [0.1, 0.15) is 11.1 Å². The fourth-order valence-electron chi connectivity index (χ4n) is 1.47. The number of phenolic OH excluding ortho intramolecular Hbond substituents is 1. The zero-order valence-electron chi connectivity index (χ0n) is 9.69. The minimum Gasteiger partial charge on any atom is -0.507 e. The van der Waals surface area contributed by atoms with Crippen molar-refractivity contribution in [3.8, 4) is 5.75 Å². The quantitative estimate of drug-likeness (QED) is 0.786. The van der Waals surface area contributed by atoms with Crippen molar-refractivity contribution in [3.63, 3.8) is 0 Å². The van der Waals surface area contributed by atoms with Gasteiger partial charge < -0.3 is 5.11 Å². The van der Waals surface area contributed by atoms with Crippen LogP contribution < -0.4 is 0 Å². The SMILES string of the molecule is Cc1ccc(Cl)cc1N=Cc1ccc(O)c(Br)c1. The number of benzene rings is 2. The zero-order valence-corrected chi connectivity index (χ0v) is 12.0. The molecule has 2 aromatic carbocycles. The summed E-state index contributed by atoms with van der Waals surface area (Å²) in [5.74, 6) is 0.214. The van der Waals surface area contributed by atoms with E-state index in [1.54, 1.807) is 24.4 Å². The van der Waals surface area contributed by atoms with Gasteiger partial charge in [-0.05, 0) is 64.3 Å². The van der Waals surface area contributed by atoms with Gasteiger partial charge in [0.05, 0.1) is 10.2 Å². The highest BCUT2D eigenvalue weighted by Gasteiger charge is 1.99. The highest BCUT2D eigenvalue weighted by Crippen LogP contribution is 2.25. The Kier molecular flexibility index (Phi) is 4.04. The first kappa shape index (κ1) is 13.1. The van der Waals surface area contributed by atoms with E-state index in [9.17, 15) is 5.11 Å². The Morgan fingerprint density at radius 3 is 2.72 bits per heavy atom. The fourth-order valence-corrected chi connectivity index (χ4v) is 2.03. The molecule has 0 aromatic heterocycles. The Bertz CT molecular complexity index is 611. The zero-order chi connectivity index (χ0) is 13.1. The van der Waals surface area contributed by atoms with Crippen LogP contribution in [0.3, 0.4) is 0 Å². The topological polar surface area (TPSA) is 32.6 Å². The van der Waals surface area contributed by atoms with Crippen LogP contribution in [0.25, 0.3) is 0 Å². The molecule has 2 rings (SSSR count). The molecular formula is C14H11BrClNO. The summed E-state index contributed by atoms with van der Waals surface area (Å²) in [6, 6.07) is 10.8. The Morgan fingerprint density at radius 2 is 2.00 bits per heavy atom. The van der Waals surface area contributed by atoms with Crippen LogP contribution in [-0.2, 0) is 0 Å². The van der Waals surface area contributed by atoms with Crippen LogP contribution in [0.2, 0.25) is 5.02 Å². The number of aromatic hydroxyl groups is 1. The third kappa shape index (κ3) is 3.12. The minimum atomic E-state index is 0.214. The summed E-state index contributed by atoms with van der Waals surface area (Å²) in [5.41, 5.74) is 2.80. The lowest BCUT2D eigenvalue weighted by atomic mass is 10.2. The van der Waals surface area contributed by atoms with Gasteiger partial charge in [0.25, 0.3) is 0 Å². The average molecular weight is 325 g/mol. The van der Waals surface area contributed by atoms with Crippen LogP contribution in [0, 0.1) is 6.92 Å². The molecule has 92 valence electrons. The normalized spacial score (nSPS) is 11.1. The van der Waals surface area contributed by atoms with Gasteiger partial charge in [-0.25, -0.2) is 0 Å². The van der Waals surface area contributed by atoms with Gasteiger partial charge in [-0.2, -0.15) is 0 Å². The van der Waals surface area contributed by atoms with Crippen molar-refractivity contribution in [2.75, 3.05) is 0 Å². The standard InChI is InChI=1S/C14H11BrClNO/c1-9-2-4-11(16)7-13(9)17-8-10-3-5-14(18)12(15)6-10/h2-8,18H,1H3. The van der Waals surface area contributed by atoms with Crippen LogP contribution in [0.4, 0.5) is 5.69 Å². The van der Waals surface area contributed by atoms with Gasteiger partial charge in [-0.1, -0.05) is 17.7 Å². The van der Waals surface area contributed by atoms with Gasteiger partial charge in [-0.15, -0.1) is 0 Å². The van der Waals surface area contributed by atoms with E-state index in [1.165, 1.54) is 0 Å². The molecule has 0 bridgehead atoms. The Balaban J connectivity index is 2.29. The fraction of sp³-hybridized carbons (Fsp3) is 0.0714. The smallest absolute Gasteiger partial charge is 0.129 e. The third-order valence-electron chi connectivity index (χ3n) is 2.50. The summed E-state index contributed by atoms with van der Waals surface area (Å²) in [7, 11) is 0. The highest BCUT2D eigenvalue weighted by atomic mass is 79.9. The van der Waals surface area contributed by atoms with E-state index in [0.29, 0.717) is 9.50 Å². The van der Waals surface area contributed by atoms with Crippen molar-refractivity contribution >= 4 is 39.4 Å². The second-order valence-electron chi connectivity index (χ2n) is 3.90. The first-order valence-corrected chi connectivity index (χ1v) is 6.52. The molecule has 4 heteroatoms. The number of hydrogen-bond acceptors (Lipinski definition) is 2. The second-order valence-corrected chi connectivity index (χ2v) is 5.19. The Hall–Kier alpha value is -1.32. The molecule has 0 amide bonds. The summed E-state index contributed by atoms with van der Waals surface area (Å²) in [5, 5.41) is 10.1. The molecule has 0 heterocycles. The number of phenols is 1. The summed E-state index contributed by atoms with van der Waals surface area (Å²) >= 11 is 9.20. The molecule has 0 aliphatic rings. The monoisotopic (exact) mass is 323 g/mol. The molecule has 0 aliphatic carbocycles. The third-order valence-corrected chi connectivity index (χ3v) is 3.37. The maximum atomic E-state index is 9.40. The minimum absolute atomic E-state index is 0.214. The maximum Gasteiger partial charge on any atom is 0.129 e. The molecule has 0 aliphatic heterocycles. The molecule has 0 saturated heterocycles. The van der Waals surface area contributed by atoms with Crippen molar-refractivity contribution in [3.05, 3.63) is 57.0 Å². The summed E-state index contributed by atoms with van der Waals surface area (Å²) in [4.78, 5) is 4.40.